The predicted octanol–water partition coefficient (Wildman–Crippen LogP) is 4.00. The summed E-state index contributed by atoms with van der Waals surface area (Å²) >= 11 is 5.97. The lowest BCUT2D eigenvalue weighted by Gasteiger charge is -2.41. The molecule has 1 saturated heterocycles. The molecule has 4 amide bonds. The summed E-state index contributed by atoms with van der Waals surface area (Å²) in [5.74, 6) is 0.804. The van der Waals surface area contributed by atoms with Gasteiger partial charge in [0.05, 0.1) is 25.8 Å². The van der Waals surface area contributed by atoms with Crippen LogP contribution in [0.5, 0.6) is 5.75 Å². The van der Waals surface area contributed by atoms with Crippen molar-refractivity contribution in [3.05, 3.63) is 59.1 Å². The number of aliphatic hydroxyl groups excluding tert-OH is 1. The van der Waals surface area contributed by atoms with Crippen LogP contribution in [0.3, 0.4) is 0 Å². The quantitative estimate of drug-likeness (QED) is 0.556. The molecule has 170 valence electrons. The highest BCUT2D eigenvalue weighted by Crippen LogP contribution is 2.26. The number of anilines is 1. The molecule has 1 aliphatic heterocycles. The predicted molar refractivity (Wildman–Crippen MR) is 121 cm³/mol. The Bertz CT molecular complexity index is 932. The molecule has 2 aromatic rings. The van der Waals surface area contributed by atoms with Crippen molar-refractivity contribution in [1.29, 1.82) is 0 Å². The first-order valence-corrected chi connectivity index (χ1v) is 11.2. The molecule has 1 heterocycles. The van der Waals surface area contributed by atoms with Crippen molar-refractivity contribution in [3.63, 3.8) is 0 Å². The Balaban J connectivity index is 1.49. The van der Waals surface area contributed by atoms with Crippen molar-refractivity contribution in [2.24, 2.45) is 0 Å². The van der Waals surface area contributed by atoms with Crippen LogP contribution in [0.4, 0.5) is 15.3 Å². The van der Waals surface area contributed by atoms with Gasteiger partial charge in [-0.3, -0.25) is 10.2 Å². The number of carbonyl (C=O) groups is 2. The number of halogens is 1. The molecular weight excluding hydrogens is 432 g/mol. The fourth-order valence-corrected chi connectivity index (χ4v) is 4.09. The van der Waals surface area contributed by atoms with E-state index in [1.54, 1.807) is 12.1 Å². The first-order chi connectivity index (χ1) is 15.5. The van der Waals surface area contributed by atoms with E-state index < -0.39 is 18.4 Å². The molecular formula is C23H27ClN4O4. The van der Waals surface area contributed by atoms with Gasteiger partial charge in [0.15, 0.2) is 6.29 Å². The van der Waals surface area contributed by atoms with Crippen molar-refractivity contribution < 1.29 is 19.4 Å². The molecule has 2 fully saturated rings. The molecule has 0 aromatic heterocycles. The highest BCUT2D eigenvalue weighted by Gasteiger charge is 2.38. The van der Waals surface area contributed by atoms with E-state index in [0.29, 0.717) is 5.02 Å². The van der Waals surface area contributed by atoms with E-state index in [1.165, 1.54) is 17.7 Å². The van der Waals surface area contributed by atoms with E-state index >= 15 is 0 Å². The lowest BCUT2D eigenvalue weighted by molar-refractivity contribution is 0.0992. The van der Waals surface area contributed by atoms with Gasteiger partial charge in [-0.15, -0.1) is 0 Å². The highest BCUT2D eigenvalue weighted by atomic mass is 35.5. The summed E-state index contributed by atoms with van der Waals surface area (Å²) in [5.41, 5.74) is 1.59. The van der Waals surface area contributed by atoms with Gasteiger partial charge in [-0.25, -0.2) is 14.5 Å². The minimum atomic E-state index is -0.762. The molecule has 9 heteroatoms. The summed E-state index contributed by atoms with van der Waals surface area (Å²) in [5, 5.41) is 15.9. The first kappa shape index (κ1) is 22.2. The van der Waals surface area contributed by atoms with Crippen LogP contribution in [0.2, 0.25) is 5.02 Å². The molecule has 2 aromatic carbocycles. The van der Waals surface area contributed by atoms with Crippen molar-refractivity contribution in [2.75, 3.05) is 18.5 Å². The van der Waals surface area contributed by atoms with Crippen LogP contribution in [0.1, 0.15) is 31.2 Å². The molecule has 8 nitrogen and oxygen atoms in total. The minimum absolute atomic E-state index is 0.0816. The zero-order chi connectivity index (χ0) is 22.5. The lowest BCUT2D eigenvalue weighted by atomic mass is 10.2. The number of amides is 4. The molecule has 0 bridgehead atoms. The zero-order valence-electron chi connectivity index (χ0n) is 17.7. The Hall–Kier alpha value is -2.97. The van der Waals surface area contributed by atoms with Crippen LogP contribution >= 0.6 is 11.6 Å². The van der Waals surface area contributed by atoms with Crippen molar-refractivity contribution in [3.8, 4) is 5.75 Å². The van der Waals surface area contributed by atoms with E-state index in [4.69, 9.17) is 16.3 Å². The summed E-state index contributed by atoms with van der Waals surface area (Å²) in [6.45, 7) is -0.144. The summed E-state index contributed by atoms with van der Waals surface area (Å²) in [6, 6.07) is 13.6. The second-order valence-electron chi connectivity index (χ2n) is 7.96. The monoisotopic (exact) mass is 458 g/mol. The highest BCUT2D eigenvalue weighted by molar-refractivity contribution is 6.30. The van der Waals surface area contributed by atoms with Crippen LogP contribution in [0, 0.1) is 0 Å². The normalized spacial score (nSPS) is 19.2. The lowest BCUT2D eigenvalue weighted by Crippen LogP contribution is -2.67. The number of hydrogen-bond donors (Lipinski definition) is 3. The third-order valence-corrected chi connectivity index (χ3v) is 5.90. The molecule has 4 rings (SSSR count). The third kappa shape index (κ3) is 5.26. The molecule has 3 N–H and O–H groups in total. The standard InChI is InChI=1S/C23H27ClN4O4/c24-17-7-5-16(6-8-17)15-28-21(26-22(30)27(13-14-29)23(28)31)25-18-9-11-20(12-10-18)32-19-3-1-2-4-19/h5-12,19,21,25,29H,1-4,13-15H2,(H,26,30). The third-order valence-electron chi connectivity index (χ3n) is 5.65. The van der Waals surface area contributed by atoms with Gasteiger partial charge in [-0.2, -0.15) is 0 Å². The van der Waals surface area contributed by atoms with Crippen LogP contribution in [-0.2, 0) is 6.54 Å². The molecule has 1 unspecified atom stereocenters. The van der Waals surface area contributed by atoms with Gasteiger partial charge in [-0.1, -0.05) is 23.7 Å². The van der Waals surface area contributed by atoms with E-state index in [2.05, 4.69) is 10.6 Å². The van der Waals surface area contributed by atoms with Gasteiger partial charge >= 0.3 is 12.1 Å². The van der Waals surface area contributed by atoms with Gasteiger partial charge in [0.1, 0.15) is 5.75 Å². The molecule has 0 spiro atoms. The number of benzene rings is 2. The average Bonchev–Trinajstić information content (AvgIpc) is 3.30. The average molecular weight is 459 g/mol. The van der Waals surface area contributed by atoms with Crippen LogP contribution in [0.25, 0.3) is 0 Å². The maximum atomic E-state index is 13.0. The Morgan fingerprint density at radius 1 is 1.06 bits per heavy atom. The molecule has 1 atom stereocenters. The molecule has 2 aliphatic rings. The second-order valence-corrected chi connectivity index (χ2v) is 8.39. The number of ether oxygens (including phenoxy) is 1. The van der Waals surface area contributed by atoms with Gasteiger partial charge in [0.25, 0.3) is 0 Å². The number of aliphatic hydroxyl groups is 1. The van der Waals surface area contributed by atoms with Crippen LogP contribution in [-0.4, -0.2) is 52.5 Å². The fourth-order valence-electron chi connectivity index (χ4n) is 3.97. The van der Waals surface area contributed by atoms with E-state index in [0.717, 1.165) is 34.7 Å². The number of β-amino-alcohol motifs (C(OH)–C–C–N with tert-alkyl or cyclic N) is 1. The Labute approximate surface area is 192 Å². The first-order valence-electron chi connectivity index (χ1n) is 10.8. The smallest absolute Gasteiger partial charge is 0.331 e. The minimum Gasteiger partial charge on any atom is -0.490 e. The zero-order valence-corrected chi connectivity index (χ0v) is 18.4. The maximum Gasteiger partial charge on any atom is 0.331 e. The van der Waals surface area contributed by atoms with E-state index in [1.807, 2.05) is 36.4 Å². The van der Waals surface area contributed by atoms with Gasteiger partial charge in [0.2, 0.25) is 0 Å². The van der Waals surface area contributed by atoms with Crippen molar-refractivity contribution >= 4 is 29.4 Å². The summed E-state index contributed by atoms with van der Waals surface area (Å²) < 4.78 is 6.00. The number of nitrogens with one attached hydrogen (secondary N) is 2. The number of hydrogen-bond acceptors (Lipinski definition) is 5. The van der Waals surface area contributed by atoms with Gasteiger partial charge in [0, 0.05) is 10.7 Å². The topological polar surface area (TPSA) is 94.1 Å². The SMILES string of the molecule is O=C1NC(Nc2ccc(OC3CCCC3)cc2)N(Cc2ccc(Cl)cc2)C(=O)N1CCO. The summed E-state index contributed by atoms with van der Waals surface area (Å²) in [6.07, 6.45) is 4.09. The van der Waals surface area contributed by atoms with Crippen LogP contribution < -0.4 is 15.4 Å². The summed E-state index contributed by atoms with van der Waals surface area (Å²) in [7, 11) is 0. The molecule has 32 heavy (non-hydrogen) atoms. The maximum absolute atomic E-state index is 13.0. The molecule has 1 saturated carbocycles. The van der Waals surface area contributed by atoms with Crippen molar-refractivity contribution in [1.82, 2.24) is 15.1 Å². The Morgan fingerprint density at radius 3 is 2.41 bits per heavy atom. The van der Waals surface area contributed by atoms with Gasteiger partial charge < -0.3 is 15.2 Å². The van der Waals surface area contributed by atoms with E-state index in [9.17, 15) is 14.7 Å². The van der Waals surface area contributed by atoms with E-state index in [-0.39, 0.29) is 25.8 Å². The van der Waals surface area contributed by atoms with Crippen molar-refractivity contribution in [2.45, 2.75) is 44.6 Å². The number of carbonyl (C=O) groups excluding carboxylic acids is 2. The molecule has 1 aliphatic carbocycles. The largest absolute Gasteiger partial charge is 0.490 e. The Kier molecular flexibility index (Phi) is 7.02. The number of imide groups is 1. The number of nitrogens with zero attached hydrogens (tertiary/aromatic N) is 2. The molecule has 0 radical (unpaired) electrons. The Morgan fingerprint density at radius 2 is 1.75 bits per heavy atom. The summed E-state index contributed by atoms with van der Waals surface area (Å²) in [4.78, 5) is 28.0. The number of urea groups is 2. The van der Waals surface area contributed by atoms with Gasteiger partial charge in [-0.05, 0) is 67.6 Å². The second kappa shape index (κ2) is 10.1. The van der Waals surface area contributed by atoms with Crippen LogP contribution in [0.15, 0.2) is 48.5 Å². The number of rotatable bonds is 8. The fraction of sp³-hybridized carbons (Fsp3) is 0.391.